The molecule has 1 aromatic rings. The second-order valence-corrected chi connectivity index (χ2v) is 2.86. The van der Waals surface area contributed by atoms with Gasteiger partial charge in [-0.05, 0) is 13.3 Å². The van der Waals surface area contributed by atoms with Gasteiger partial charge in [-0.1, -0.05) is 18.5 Å². The van der Waals surface area contributed by atoms with Crippen molar-refractivity contribution in [3.05, 3.63) is 11.2 Å². The molecule has 0 N–H and O–H groups in total. The van der Waals surface area contributed by atoms with E-state index < -0.39 is 0 Å². The molecule has 12 heavy (non-hydrogen) atoms. The summed E-state index contributed by atoms with van der Waals surface area (Å²) in [6, 6.07) is 0. The maximum absolute atomic E-state index is 5.85. The molecule has 0 aliphatic heterocycles. The van der Waals surface area contributed by atoms with Crippen molar-refractivity contribution in [2.45, 2.75) is 26.8 Å². The SMILES string of the molecule is CCCn1ncc(Cl)c1OCC. The first-order valence-corrected chi connectivity index (χ1v) is 4.51. The zero-order valence-electron chi connectivity index (χ0n) is 7.38. The minimum Gasteiger partial charge on any atom is -0.477 e. The molecule has 0 fully saturated rings. The van der Waals surface area contributed by atoms with Gasteiger partial charge >= 0.3 is 0 Å². The fourth-order valence-electron chi connectivity index (χ4n) is 1.00. The van der Waals surface area contributed by atoms with E-state index in [1.54, 1.807) is 10.9 Å². The van der Waals surface area contributed by atoms with E-state index in [9.17, 15) is 0 Å². The number of hydrogen-bond acceptors (Lipinski definition) is 2. The number of halogens is 1. The van der Waals surface area contributed by atoms with Crippen LogP contribution in [0.2, 0.25) is 5.02 Å². The Kier molecular flexibility index (Phi) is 3.41. The molecule has 0 atom stereocenters. The Bertz CT molecular complexity index is 247. The van der Waals surface area contributed by atoms with E-state index in [1.165, 1.54) is 0 Å². The molecule has 3 nitrogen and oxygen atoms in total. The zero-order chi connectivity index (χ0) is 8.97. The first-order chi connectivity index (χ1) is 5.79. The van der Waals surface area contributed by atoms with Crippen molar-refractivity contribution < 1.29 is 4.74 Å². The molecule has 0 saturated carbocycles. The van der Waals surface area contributed by atoms with Gasteiger partial charge in [-0.2, -0.15) is 5.10 Å². The van der Waals surface area contributed by atoms with Crippen molar-refractivity contribution in [2.24, 2.45) is 0 Å². The predicted molar refractivity (Wildman–Crippen MR) is 48.7 cm³/mol. The maximum atomic E-state index is 5.85. The molecule has 1 heterocycles. The van der Waals surface area contributed by atoms with E-state index in [0.29, 0.717) is 17.5 Å². The molecule has 0 aliphatic carbocycles. The summed E-state index contributed by atoms with van der Waals surface area (Å²) in [6.45, 7) is 5.49. The number of rotatable bonds is 4. The average molecular weight is 189 g/mol. The number of ether oxygens (including phenoxy) is 1. The van der Waals surface area contributed by atoms with E-state index >= 15 is 0 Å². The summed E-state index contributed by atoms with van der Waals surface area (Å²) < 4.78 is 7.11. The van der Waals surface area contributed by atoms with Crippen molar-refractivity contribution >= 4 is 11.6 Å². The van der Waals surface area contributed by atoms with Crippen LogP contribution < -0.4 is 4.74 Å². The number of nitrogens with zero attached hydrogens (tertiary/aromatic N) is 2. The fourth-order valence-corrected chi connectivity index (χ4v) is 1.20. The first-order valence-electron chi connectivity index (χ1n) is 4.13. The lowest BCUT2D eigenvalue weighted by molar-refractivity contribution is 0.301. The molecule has 1 rings (SSSR count). The summed E-state index contributed by atoms with van der Waals surface area (Å²) in [4.78, 5) is 0. The summed E-state index contributed by atoms with van der Waals surface area (Å²) in [7, 11) is 0. The lowest BCUT2D eigenvalue weighted by Gasteiger charge is -2.06. The minimum absolute atomic E-state index is 0.588. The van der Waals surface area contributed by atoms with Crippen LogP contribution in [0.5, 0.6) is 5.88 Å². The van der Waals surface area contributed by atoms with Gasteiger partial charge in [0.25, 0.3) is 0 Å². The van der Waals surface area contributed by atoms with E-state index in [1.807, 2.05) is 6.92 Å². The number of aryl methyl sites for hydroxylation is 1. The van der Waals surface area contributed by atoms with Crippen LogP contribution in [-0.4, -0.2) is 16.4 Å². The zero-order valence-corrected chi connectivity index (χ0v) is 8.14. The first kappa shape index (κ1) is 9.39. The third-order valence-electron chi connectivity index (χ3n) is 1.47. The van der Waals surface area contributed by atoms with Crippen molar-refractivity contribution in [2.75, 3.05) is 6.61 Å². The topological polar surface area (TPSA) is 27.1 Å². The van der Waals surface area contributed by atoms with Crippen LogP contribution in [0.15, 0.2) is 6.20 Å². The Morgan fingerprint density at radius 3 is 2.92 bits per heavy atom. The Morgan fingerprint density at radius 2 is 2.33 bits per heavy atom. The van der Waals surface area contributed by atoms with Gasteiger partial charge in [-0.3, -0.25) is 0 Å². The Balaban J connectivity index is 2.80. The summed E-state index contributed by atoms with van der Waals surface area (Å²) >= 11 is 5.85. The van der Waals surface area contributed by atoms with Crippen molar-refractivity contribution in [3.8, 4) is 5.88 Å². The van der Waals surface area contributed by atoms with Crippen LogP contribution in [-0.2, 0) is 6.54 Å². The molecule has 0 unspecified atom stereocenters. The molecular weight excluding hydrogens is 176 g/mol. The summed E-state index contributed by atoms with van der Waals surface area (Å²) in [5.41, 5.74) is 0. The Labute approximate surface area is 77.3 Å². The van der Waals surface area contributed by atoms with Gasteiger partial charge in [-0.15, -0.1) is 0 Å². The molecule has 0 aromatic carbocycles. The normalized spacial score (nSPS) is 10.2. The van der Waals surface area contributed by atoms with Gasteiger partial charge in [-0.25, -0.2) is 4.68 Å². The third-order valence-corrected chi connectivity index (χ3v) is 1.72. The van der Waals surface area contributed by atoms with E-state index in [2.05, 4.69) is 12.0 Å². The fraction of sp³-hybridized carbons (Fsp3) is 0.625. The van der Waals surface area contributed by atoms with Crippen molar-refractivity contribution in [3.63, 3.8) is 0 Å². The molecule has 0 aliphatic rings. The van der Waals surface area contributed by atoms with E-state index in [4.69, 9.17) is 16.3 Å². The van der Waals surface area contributed by atoms with Gasteiger partial charge in [0, 0.05) is 6.54 Å². The Morgan fingerprint density at radius 1 is 1.58 bits per heavy atom. The molecule has 0 saturated heterocycles. The van der Waals surface area contributed by atoms with Crippen LogP contribution in [0.3, 0.4) is 0 Å². The molecule has 0 bridgehead atoms. The smallest absolute Gasteiger partial charge is 0.231 e. The molecular formula is C8H13ClN2O. The van der Waals surface area contributed by atoms with Crippen molar-refractivity contribution in [1.82, 2.24) is 9.78 Å². The van der Waals surface area contributed by atoms with Crippen LogP contribution >= 0.6 is 11.6 Å². The molecule has 1 aromatic heterocycles. The summed E-state index contributed by atoms with van der Waals surface area (Å²) in [5, 5.41) is 4.67. The lowest BCUT2D eigenvalue weighted by atomic mass is 10.5. The van der Waals surface area contributed by atoms with Crippen LogP contribution in [0.4, 0.5) is 0 Å². The van der Waals surface area contributed by atoms with Crippen LogP contribution in [0, 0.1) is 0 Å². The number of hydrogen-bond donors (Lipinski definition) is 0. The molecule has 0 amide bonds. The maximum Gasteiger partial charge on any atom is 0.231 e. The highest BCUT2D eigenvalue weighted by atomic mass is 35.5. The predicted octanol–water partition coefficient (Wildman–Crippen LogP) is 2.35. The quantitative estimate of drug-likeness (QED) is 0.726. The van der Waals surface area contributed by atoms with Crippen molar-refractivity contribution in [1.29, 1.82) is 0 Å². The lowest BCUT2D eigenvalue weighted by Crippen LogP contribution is -2.04. The molecule has 68 valence electrons. The largest absolute Gasteiger partial charge is 0.477 e. The molecule has 4 heteroatoms. The highest BCUT2D eigenvalue weighted by Crippen LogP contribution is 2.23. The highest BCUT2D eigenvalue weighted by molar-refractivity contribution is 6.31. The van der Waals surface area contributed by atoms with Crippen LogP contribution in [0.1, 0.15) is 20.3 Å². The van der Waals surface area contributed by atoms with Gasteiger partial charge in [0.05, 0.1) is 12.8 Å². The molecule has 0 spiro atoms. The third kappa shape index (κ3) is 1.91. The highest BCUT2D eigenvalue weighted by Gasteiger charge is 2.08. The second kappa shape index (κ2) is 4.36. The minimum atomic E-state index is 0.588. The van der Waals surface area contributed by atoms with Crippen LogP contribution in [0.25, 0.3) is 0 Å². The molecule has 0 radical (unpaired) electrons. The Hall–Kier alpha value is -0.700. The van der Waals surface area contributed by atoms with E-state index in [0.717, 1.165) is 13.0 Å². The van der Waals surface area contributed by atoms with Gasteiger partial charge in [0.15, 0.2) is 0 Å². The standard InChI is InChI=1S/C8H13ClN2O/c1-3-5-11-8(12-4-2)7(9)6-10-11/h6H,3-5H2,1-2H3. The van der Waals surface area contributed by atoms with Gasteiger partial charge in [0.1, 0.15) is 5.02 Å². The second-order valence-electron chi connectivity index (χ2n) is 2.45. The van der Waals surface area contributed by atoms with Gasteiger partial charge in [0.2, 0.25) is 5.88 Å². The average Bonchev–Trinajstić information content (AvgIpc) is 2.37. The van der Waals surface area contributed by atoms with E-state index in [-0.39, 0.29) is 0 Å². The monoisotopic (exact) mass is 188 g/mol. The summed E-state index contributed by atoms with van der Waals surface area (Å²) in [5.74, 6) is 0.681. The number of aromatic nitrogens is 2. The summed E-state index contributed by atoms with van der Waals surface area (Å²) in [6.07, 6.45) is 2.64. The van der Waals surface area contributed by atoms with Gasteiger partial charge < -0.3 is 4.74 Å².